The second-order valence-electron chi connectivity index (χ2n) is 12.5. The van der Waals surface area contributed by atoms with E-state index in [4.69, 9.17) is 14.2 Å². The molecule has 0 N–H and O–H groups in total. The van der Waals surface area contributed by atoms with Crippen molar-refractivity contribution in [1.29, 1.82) is 0 Å². The monoisotopic (exact) mass is 609 g/mol. The molecule has 2 aromatic rings. The smallest absolute Gasteiger partial charge is 0.410 e. The molecule has 0 atom stereocenters. The molecule has 0 heterocycles. The van der Waals surface area contributed by atoms with Crippen molar-refractivity contribution in [2.24, 2.45) is 0 Å². The van der Waals surface area contributed by atoms with Crippen LogP contribution in [0, 0.1) is 0 Å². The first-order valence-corrected chi connectivity index (χ1v) is 15.4. The Morgan fingerprint density at radius 2 is 0.750 bits per heavy atom. The highest BCUT2D eigenvalue weighted by atomic mass is 16.6. The van der Waals surface area contributed by atoms with Gasteiger partial charge in [0.1, 0.15) is 17.2 Å². The van der Waals surface area contributed by atoms with Crippen LogP contribution < -0.4 is 14.2 Å². The standard InChI is InChI=1S/C35H51N3O6/c1-22(2)36(23(3)4)33(39)42-30-17-15-28(16-18-30)13-14-29-19-31(43-34(40)37(24(5)6)25(7)8)21-32(20-29)44-35(41)38(26(9)10)27(11)12/h13-27H,1-12H3/b14-13+. The molecule has 3 amide bonds. The van der Waals surface area contributed by atoms with Gasteiger partial charge in [0.2, 0.25) is 0 Å². The molecule has 44 heavy (non-hydrogen) atoms. The highest BCUT2D eigenvalue weighted by Gasteiger charge is 2.25. The van der Waals surface area contributed by atoms with Gasteiger partial charge < -0.3 is 28.9 Å². The summed E-state index contributed by atoms with van der Waals surface area (Å²) < 4.78 is 17.1. The molecule has 0 spiro atoms. The van der Waals surface area contributed by atoms with Crippen LogP contribution in [0.25, 0.3) is 12.2 Å². The number of amides is 3. The van der Waals surface area contributed by atoms with Crippen LogP contribution >= 0.6 is 0 Å². The molecule has 0 saturated heterocycles. The Labute approximate surface area is 263 Å². The third-order valence-corrected chi connectivity index (χ3v) is 6.84. The predicted octanol–water partition coefficient (Wildman–Crippen LogP) is 8.71. The van der Waals surface area contributed by atoms with Gasteiger partial charge in [0.15, 0.2) is 0 Å². The van der Waals surface area contributed by atoms with Crippen molar-refractivity contribution in [2.45, 2.75) is 119 Å². The molecule has 0 aliphatic rings. The summed E-state index contributed by atoms with van der Waals surface area (Å²) in [4.78, 5) is 43.7. The molecule has 2 aromatic carbocycles. The molecular weight excluding hydrogens is 558 g/mol. The molecule has 0 unspecified atom stereocenters. The van der Waals surface area contributed by atoms with Gasteiger partial charge in [-0.1, -0.05) is 24.3 Å². The van der Waals surface area contributed by atoms with Crippen LogP contribution in [0.15, 0.2) is 42.5 Å². The van der Waals surface area contributed by atoms with E-state index in [0.717, 1.165) is 5.56 Å². The average molecular weight is 610 g/mol. The topological polar surface area (TPSA) is 88.6 Å². The molecule has 0 saturated carbocycles. The van der Waals surface area contributed by atoms with E-state index in [0.29, 0.717) is 11.3 Å². The molecule has 0 aliphatic carbocycles. The first-order valence-electron chi connectivity index (χ1n) is 15.4. The average Bonchev–Trinajstić information content (AvgIpc) is 2.86. The number of benzene rings is 2. The van der Waals surface area contributed by atoms with Gasteiger partial charge in [-0.15, -0.1) is 0 Å². The third kappa shape index (κ3) is 10.3. The van der Waals surface area contributed by atoms with E-state index >= 15 is 0 Å². The predicted molar refractivity (Wildman–Crippen MR) is 176 cm³/mol. The van der Waals surface area contributed by atoms with Crippen LogP contribution in [-0.4, -0.2) is 69.2 Å². The lowest BCUT2D eigenvalue weighted by molar-refractivity contribution is 0.120. The van der Waals surface area contributed by atoms with E-state index in [-0.39, 0.29) is 47.8 Å². The Morgan fingerprint density at radius 3 is 1.07 bits per heavy atom. The number of carbonyl (C=O) groups excluding carboxylic acids is 3. The third-order valence-electron chi connectivity index (χ3n) is 6.84. The van der Waals surface area contributed by atoms with E-state index in [2.05, 4.69) is 0 Å². The molecule has 9 heteroatoms. The maximum absolute atomic E-state index is 13.1. The SMILES string of the molecule is CC(C)N(C(=O)Oc1ccc(/C=C/c2cc(OC(=O)N(C(C)C)C(C)C)cc(OC(=O)N(C(C)C)C(C)C)c2)cc1)C(C)C. The van der Waals surface area contributed by atoms with Gasteiger partial charge >= 0.3 is 18.3 Å². The molecule has 0 aliphatic heterocycles. The summed E-state index contributed by atoms with van der Waals surface area (Å²) in [5.41, 5.74) is 1.52. The fraction of sp³-hybridized carbons (Fsp3) is 0.514. The molecule has 0 bridgehead atoms. The van der Waals surface area contributed by atoms with Crippen molar-refractivity contribution >= 4 is 30.4 Å². The minimum atomic E-state index is -0.488. The van der Waals surface area contributed by atoms with Crippen molar-refractivity contribution in [1.82, 2.24) is 14.7 Å². The highest BCUT2D eigenvalue weighted by molar-refractivity contribution is 5.76. The number of ether oxygens (including phenoxy) is 3. The van der Waals surface area contributed by atoms with Crippen LogP contribution in [-0.2, 0) is 0 Å². The van der Waals surface area contributed by atoms with Gasteiger partial charge in [-0.25, -0.2) is 14.4 Å². The molecule has 0 aromatic heterocycles. The molecule has 0 fully saturated rings. The maximum Gasteiger partial charge on any atom is 0.415 e. The van der Waals surface area contributed by atoms with Gasteiger partial charge in [0.05, 0.1) is 0 Å². The zero-order valence-corrected chi connectivity index (χ0v) is 28.5. The summed E-state index contributed by atoms with van der Waals surface area (Å²) in [5, 5.41) is 0. The van der Waals surface area contributed by atoms with Gasteiger partial charge in [0.25, 0.3) is 0 Å². The maximum atomic E-state index is 13.1. The van der Waals surface area contributed by atoms with E-state index in [1.54, 1.807) is 45.0 Å². The normalized spacial score (nSPS) is 11.7. The Balaban J connectivity index is 2.36. The molecule has 0 radical (unpaired) electrons. The lowest BCUT2D eigenvalue weighted by Crippen LogP contribution is -2.44. The Morgan fingerprint density at radius 1 is 0.455 bits per heavy atom. The van der Waals surface area contributed by atoms with E-state index in [1.807, 2.05) is 107 Å². The number of hydrogen-bond acceptors (Lipinski definition) is 6. The van der Waals surface area contributed by atoms with Crippen molar-refractivity contribution < 1.29 is 28.6 Å². The Kier molecular flexibility index (Phi) is 13.3. The first kappa shape index (κ1) is 36.2. The molecule has 2 rings (SSSR count). The highest BCUT2D eigenvalue weighted by Crippen LogP contribution is 2.27. The summed E-state index contributed by atoms with van der Waals surface area (Å²) in [6, 6.07) is 11.9. The van der Waals surface area contributed by atoms with Crippen LogP contribution in [0.5, 0.6) is 17.2 Å². The van der Waals surface area contributed by atoms with Gasteiger partial charge in [-0.2, -0.15) is 0 Å². The quantitative estimate of drug-likeness (QED) is 0.237. The van der Waals surface area contributed by atoms with E-state index < -0.39 is 18.3 Å². The first-order chi connectivity index (χ1) is 20.5. The fourth-order valence-electron chi connectivity index (χ4n) is 5.16. The van der Waals surface area contributed by atoms with Crippen LogP contribution in [0.3, 0.4) is 0 Å². The van der Waals surface area contributed by atoms with Crippen molar-refractivity contribution in [3.8, 4) is 17.2 Å². The Bertz CT molecular complexity index is 1210. The van der Waals surface area contributed by atoms with Gasteiger partial charge in [-0.05, 0) is 118 Å². The molecule has 9 nitrogen and oxygen atoms in total. The lowest BCUT2D eigenvalue weighted by atomic mass is 10.1. The largest absolute Gasteiger partial charge is 0.415 e. The summed E-state index contributed by atoms with van der Waals surface area (Å²) in [6.45, 7) is 23.2. The summed E-state index contributed by atoms with van der Waals surface area (Å²) in [6.07, 6.45) is 2.33. The number of hydrogen-bond donors (Lipinski definition) is 0. The zero-order chi connectivity index (χ0) is 33.3. The lowest BCUT2D eigenvalue weighted by Gasteiger charge is -2.30. The van der Waals surface area contributed by atoms with Gasteiger partial charge in [-0.3, -0.25) is 0 Å². The molecule has 242 valence electrons. The van der Waals surface area contributed by atoms with Crippen molar-refractivity contribution in [3.63, 3.8) is 0 Å². The van der Waals surface area contributed by atoms with E-state index in [9.17, 15) is 14.4 Å². The summed E-state index contributed by atoms with van der Waals surface area (Å²) >= 11 is 0. The second kappa shape index (κ2) is 16.2. The zero-order valence-electron chi connectivity index (χ0n) is 28.5. The number of nitrogens with zero attached hydrogens (tertiary/aromatic N) is 3. The van der Waals surface area contributed by atoms with E-state index in [1.165, 1.54) is 0 Å². The Hall–Kier alpha value is -4.01. The van der Waals surface area contributed by atoms with Crippen LogP contribution in [0.1, 0.15) is 94.2 Å². The van der Waals surface area contributed by atoms with Crippen LogP contribution in [0.4, 0.5) is 14.4 Å². The summed E-state index contributed by atoms with van der Waals surface area (Å²) in [7, 11) is 0. The molecular formula is C35H51N3O6. The number of carbonyl (C=O) groups is 3. The minimum absolute atomic E-state index is 0.0153. The second-order valence-corrected chi connectivity index (χ2v) is 12.5. The van der Waals surface area contributed by atoms with Crippen molar-refractivity contribution in [2.75, 3.05) is 0 Å². The summed E-state index contributed by atoms with van der Waals surface area (Å²) in [5.74, 6) is 0.962. The van der Waals surface area contributed by atoms with Crippen molar-refractivity contribution in [3.05, 3.63) is 53.6 Å². The minimum Gasteiger partial charge on any atom is -0.410 e. The van der Waals surface area contributed by atoms with Crippen LogP contribution in [0.2, 0.25) is 0 Å². The van der Waals surface area contributed by atoms with Gasteiger partial charge in [0, 0.05) is 42.3 Å². The fourth-order valence-corrected chi connectivity index (χ4v) is 5.16. The number of rotatable bonds is 11.